The lowest BCUT2D eigenvalue weighted by Gasteiger charge is -2.25. The number of nitrogens with zero attached hydrogens (tertiary/aromatic N) is 2. The van der Waals surface area contributed by atoms with Crippen molar-refractivity contribution in [1.82, 2.24) is 14.5 Å². The van der Waals surface area contributed by atoms with Crippen LogP contribution in [-0.2, 0) is 14.3 Å². The molecule has 3 heterocycles. The molecule has 2 saturated heterocycles. The first kappa shape index (κ1) is 19.7. The Bertz CT molecular complexity index is 1020. The van der Waals surface area contributed by atoms with Gasteiger partial charge < -0.3 is 10.1 Å². The van der Waals surface area contributed by atoms with Gasteiger partial charge in [-0.2, -0.15) is 0 Å². The lowest BCUT2D eigenvalue weighted by Crippen LogP contribution is -2.36. The van der Waals surface area contributed by atoms with Gasteiger partial charge in [-0.1, -0.05) is 6.07 Å². The molecule has 1 aliphatic carbocycles. The van der Waals surface area contributed by atoms with Crippen LogP contribution in [0.25, 0.3) is 11.0 Å². The number of ketones is 2. The number of benzene rings is 1. The first-order valence-corrected chi connectivity index (χ1v) is 11.2. The van der Waals surface area contributed by atoms with Crippen molar-refractivity contribution in [2.75, 3.05) is 26.3 Å². The fourth-order valence-corrected chi connectivity index (χ4v) is 5.40. The average Bonchev–Trinajstić information content (AvgIpc) is 3.06. The van der Waals surface area contributed by atoms with Crippen LogP contribution in [0.5, 0.6) is 0 Å². The van der Waals surface area contributed by atoms with Gasteiger partial charge in [-0.15, -0.1) is 0 Å². The third-order valence-electron chi connectivity index (χ3n) is 7.05. The summed E-state index contributed by atoms with van der Waals surface area (Å²) in [6.07, 6.45) is 4.50. The van der Waals surface area contributed by atoms with Crippen molar-refractivity contribution in [1.29, 1.82) is 0 Å². The molecule has 5 rings (SSSR count). The second-order valence-corrected chi connectivity index (χ2v) is 8.87. The third kappa shape index (κ3) is 3.44. The molecule has 0 spiro atoms. The van der Waals surface area contributed by atoms with E-state index in [0.29, 0.717) is 32.0 Å². The highest BCUT2D eigenvalue weighted by molar-refractivity contribution is 6.03. The molecule has 1 aromatic heterocycles. The van der Waals surface area contributed by atoms with E-state index in [0.717, 1.165) is 49.8 Å². The SMILES string of the molecule is O=C1CCC(n2c(=O)n(C3CCOCC3)c3cc(C4CCNCC4)ccc32)C(=O)C1. The van der Waals surface area contributed by atoms with Crippen LogP contribution in [0.4, 0.5) is 0 Å². The Morgan fingerprint density at radius 1 is 0.900 bits per heavy atom. The van der Waals surface area contributed by atoms with Crippen LogP contribution in [0, 0.1) is 0 Å². The van der Waals surface area contributed by atoms with Crippen LogP contribution in [0.2, 0.25) is 0 Å². The monoisotopic (exact) mass is 411 g/mol. The van der Waals surface area contributed by atoms with Gasteiger partial charge in [-0.05, 0) is 68.8 Å². The van der Waals surface area contributed by atoms with E-state index in [1.807, 2.05) is 10.6 Å². The molecule has 3 aliphatic rings. The summed E-state index contributed by atoms with van der Waals surface area (Å²) < 4.78 is 9.10. The van der Waals surface area contributed by atoms with E-state index in [2.05, 4.69) is 17.4 Å². The van der Waals surface area contributed by atoms with Crippen LogP contribution < -0.4 is 11.0 Å². The third-order valence-corrected chi connectivity index (χ3v) is 7.05. The fraction of sp³-hybridized carbons (Fsp3) is 0.609. The Kier molecular flexibility index (Phi) is 5.33. The Morgan fingerprint density at radius 2 is 1.67 bits per heavy atom. The van der Waals surface area contributed by atoms with Crippen LogP contribution in [0.1, 0.15) is 68.5 Å². The van der Waals surface area contributed by atoms with Crippen LogP contribution in [0.15, 0.2) is 23.0 Å². The van der Waals surface area contributed by atoms with Gasteiger partial charge in [0.25, 0.3) is 0 Å². The lowest BCUT2D eigenvalue weighted by atomic mass is 9.90. The minimum atomic E-state index is -0.538. The van der Waals surface area contributed by atoms with E-state index in [1.54, 1.807) is 4.57 Å². The fourth-order valence-electron chi connectivity index (χ4n) is 5.40. The van der Waals surface area contributed by atoms with Gasteiger partial charge in [-0.3, -0.25) is 18.7 Å². The standard InChI is InChI=1S/C23H29N3O4/c27-18-2-4-20(22(28)14-18)26-19-3-1-16(15-5-9-24-10-6-15)13-21(19)25(23(26)29)17-7-11-30-12-8-17/h1,3,13,15,17,20,24H,2,4-12,14H2. The number of Topliss-reactive ketones (excluding diaryl/α,β-unsaturated/α-hetero) is 2. The summed E-state index contributed by atoms with van der Waals surface area (Å²) >= 11 is 0. The summed E-state index contributed by atoms with van der Waals surface area (Å²) in [4.78, 5) is 38.1. The van der Waals surface area contributed by atoms with Crippen molar-refractivity contribution in [3.8, 4) is 0 Å². The van der Waals surface area contributed by atoms with E-state index in [1.165, 1.54) is 5.56 Å². The highest BCUT2D eigenvalue weighted by Gasteiger charge is 2.33. The molecule has 7 heteroatoms. The number of nitrogens with one attached hydrogen (secondary N) is 1. The normalized spacial score (nSPS) is 24.6. The molecule has 1 aromatic carbocycles. The Labute approximate surface area is 175 Å². The zero-order valence-corrected chi connectivity index (χ0v) is 17.3. The Morgan fingerprint density at radius 3 is 2.40 bits per heavy atom. The molecule has 2 aromatic rings. The topological polar surface area (TPSA) is 82.3 Å². The molecule has 1 atom stereocenters. The number of carbonyl (C=O) groups is 2. The van der Waals surface area contributed by atoms with Gasteiger partial charge in [0.1, 0.15) is 5.78 Å². The number of carbonyl (C=O) groups excluding carboxylic acids is 2. The van der Waals surface area contributed by atoms with Crippen molar-refractivity contribution in [2.24, 2.45) is 0 Å². The maximum absolute atomic E-state index is 13.6. The van der Waals surface area contributed by atoms with Crippen molar-refractivity contribution >= 4 is 22.6 Å². The second-order valence-electron chi connectivity index (χ2n) is 8.87. The van der Waals surface area contributed by atoms with Crippen molar-refractivity contribution < 1.29 is 14.3 Å². The van der Waals surface area contributed by atoms with Crippen molar-refractivity contribution in [3.05, 3.63) is 34.2 Å². The molecule has 0 amide bonds. The first-order chi connectivity index (χ1) is 14.6. The summed E-state index contributed by atoms with van der Waals surface area (Å²) in [7, 11) is 0. The van der Waals surface area contributed by atoms with E-state index < -0.39 is 6.04 Å². The van der Waals surface area contributed by atoms with E-state index in [-0.39, 0.29) is 29.7 Å². The minimum Gasteiger partial charge on any atom is -0.381 e. The summed E-state index contributed by atoms with van der Waals surface area (Å²) in [5.74, 6) is 0.332. The summed E-state index contributed by atoms with van der Waals surface area (Å²) in [6, 6.07) is 5.87. The second kappa shape index (κ2) is 8.12. The molecule has 30 heavy (non-hydrogen) atoms. The largest absolute Gasteiger partial charge is 0.381 e. The molecular formula is C23H29N3O4. The Hall–Kier alpha value is -2.25. The summed E-state index contributed by atoms with van der Waals surface area (Å²) in [5, 5.41) is 3.41. The molecule has 160 valence electrons. The van der Waals surface area contributed by atoms with Crippen molar-refractivity contribution in [3.63, 3.8) is 0 Å². The zero-order valence-electron chi connectivity index (χ0n) is 17.3. The maximum Gasteiger partial charge on any atom is 0.330 e. The van der Waals surface area contributed by atoms with Crippen molar-refractivity contribution in [2.45, 2.75) is 62.9 Å². The molecule has 1 unspecified atom stereocenters. The smallest absolute Gasteiger partial charge is 0.330 e. The molecule has 7 nitrogen and oxygen atoms in total. The number of imidazole rings is 1. The van der Waals surface area contributed by atoms with Crippen LogP contribution >= 0.6 is 0 Å². The quantitative estimate of drug-likeness (QED) is 0.785. The summed E-state index contributed by atoms with van der Waals surface area (Å²) in [5.41, 5.74) is 2.89. The number of piperidine rings is 1. The van der Waals surface area contributed by atoms with Gasteiger partial charge in [0.05, 0.1) is 23.5 Å². The predicted molar refractivity (Wildman–Crippen MR) is 113 cm³/mol. The number of hydrogen-bond donors (Lipinski definition) is 1. The maximum atomic E-state index is 13.6. The lowest BCUT2D eigenvalue weighted by molar-refractivity contribution is -0.132. The molecule has 1 N–H and O–H groups in total. The van der Waals surface area contributed by atoms with Gasteiger partial charge >= 0.3 is 5.69 Å². The van der Waals surface area contributed by atoms with Gasteiger partial charge in [0.15, 0.2) is 5.78 Å². The average molecular weight is 412 g/mol. The highest BCUT2D eigenvalue weighted by Crippen LogP contribution is 2.33. The van der Waals surface area contributed by atoms with Gasteiger partial charge in [0, 0.05) is 25.7 Å². The molecule has 1 saturated carbocycles. The highest BCUT2D eigenvalue weighted by atomic mass is 16.5. The van der Waals surface area contributed by atoms with Gasteiger partial charge in [-0.25, -0.2) is 4.79 Å². The molecule has 2 aliphatic heterocycles. The number of ether oxygens (including phenoxy) is 1. The number of fused-ring (bicyclic) bond motifs is 1. The van der Waals surface area contributed by atoms with E-state index in [9.17, 15) is 14.4 Å². The van der Waals surface area contributed by atoms with E-state index in [4.69, 9.17) is 4.74 Å². The summed E-state index contributed by atoms with van der Waals surface area (Å²) in [6.45, 7) is 3.32. The molecule has 0 radical (unpaired) electrons. The Balaban J connectivity index is 1.64. The van der Waals surface area contributed by atoms with Crippen LogP contribution in [0.3, 0.4) is 0 Å². The molecule has 0 bridgehead atoms. The molecular weight excluding hydrogens is 382 g/mol. The number of rotatable bonds is 3. The van der Waals surface area contributed by atoms with Gasteiger partial charge in [0.2, 0.25) is 0 Å². The minimum absolute atomic E-state index is 0.0225. The van der Waals surface area contributed by atoms with E-state index >= 15 is 0 Å². The predicted octanol–water partition coefficient (Wildman–Crippen LogP) is 2.48. The number of aromatic nitrogens is 2. The zero-order chi connectivity index (χ0) is 20.7. The number of hydrogen-bond acceptors (Lipinski definition) is 5. The molecule has 3 fully saturated rings. The first-order valence-electron chi connectivity index (χ1n) is 11.2. The van der Waals surface area contributed by atoms with Crippen LogP contribution in [-0.4, -0.2) is 47.0 Å².